The molecule has 94 valence electrons. The molecule has 0 saturated heterocycles. The Morgan fingerprint density at radius 2 is 2.12 bits per heavy atom. The average molecular weight is 256 g/mol. The zero-order valence-electron chi connectivity index (χ0n) is 10.3. The maximum atomic E-state index is 11.2. The van der Waals surface area contributed by atoms with E-state index >= 15 is 0 Å². The number of anilines is 1. The van der Waals surface area contributed by atoms with E-state index in [2.05, 4.69) is 26.1 Å². The van der Waals surface area contributed by atoms with E-state index in [1.165, 1.54) is 0 Å². The molecule has 3 nitrogen and oxygen atoms in total. The summed E-state index contributed by atoms with van der Waals surface area (Å²) < 4.78 is 0. The Hall–Kier alpha value is -1.22. The summed E-state index contributed by atoms with van der Waals surface area (Å²) in [5.41, 5.74) is 0.735. The molecule has 2 N–H and O–H groups in total. The molecule has 1 rings (SSSR count). The highest BCUT2D eigenvalue weighted by Crippen LogP contribution is 2.26. The quantitative estimate of drug-likeness (QED) is 0.839. The molecule has 0 radical (unpaired) electrons. The Kier molecular flexibility index (Phi) is 4.82. The van der Waals surface area contributed by atoms with Gasteiger partial charge in [-0.1, -0.05) is 38.4 Å². The highest BCUT2D eigenvalue weighted by molar-refractivity contribution is 6.34. The highest BCUT2D eigenvalue weighted by Gasteiger charge is 2.18. The van der Waals surface area contributed by atoms with Crippen LogP contribution in [0.25, 0.3) is 0 Å². The molecule has 0 aliphatic carbocycles. The zero-order valence-corrected chi connectivity index (χ0v) is 11.1. The molecular formula is C13H18ClNO2. The second kappa shape index (κ2) is 5.92. The number of rotatable bonds is 5. The minimum atomic E-state index is -1.00. The van der Waals surface area contributed by atoms with Crippen molar-refractivity contribution >= 4 is 23.3 Å². The average Bonchev–Trinajstić information content (AvgIpc) is 2.24. The highest BCUT2D eigenvalue weighted by atomic mass is 35.5. The van der Waals surface area contributed by atoms with Crippen LogP contribution in [0.4, 0.5) is 5.69 Å². The lowest BCUT2D eigenvalue weighted by Crippen LogP contribution is -2.25. The lowest BCUT2D eigenvalue weighted by molar-refractivity contribution is 0.0698. The van der Waals surface area contributed by atoms with Gasteiger partial charge in [0, 0.05) is 6.04 Å². The normalized spacial score (nSPS) is 12.5. The van der Waals surface area contributed by atoms with Gasteiger partial charge in [-0.3, -0.25) is 0 Å². The molecule has 0 saturated carbocycles. The Balaban J connectivity index is 3.05. The first kappa shape index (κ1) is 13.8. The van der Waals surface area contributed by atoms with Crippen molar-refractivity contribution in [3.05, 3.63) is 28.8 Å². The van der Waals surface area contributed by atoms with Crippen molar-refractivity contribution in [1.82, 2.24) is 0 Å². The van der Waals surface area contributed by atoms with Gasteiger partial charge in [-0.25, -0.2) is 4.79 Å². The van der Waals surface area contributed by atoms with Crippen LogP contribution < -0.4 is 5.32 Å². The summed E-state index contributed by atoms with van der Waals surface area (Å²) in [6.07, 6.45) is 0.934. The monoisotopic (exact) mass is 255 g/mol. The summed E-state index contributed by atoms with van der Waals surface area (Å²) in [5.74, 6) is -0.572. The van der Waals surface area contributed by atoms with Crippen molar-refractivity contribution in [2.24, 2.45) is 5.92 Å². The second-order valence-electron chi connectivity index (χ2n) is 4.37. The largest absolute Gasteiger partial charge is 0.478 e. The molecule has 17 heavy (non-hydrogen) atoms. The first-order valence-corrected chi connectivity index (χ1v) is 6.13. The third-order valence-corrected chi connectivity index (χ3v) is 3.13. The minimum absolute atomic E-state index is 0.147. The maximum absolute atomic E-state index is 11.2. The van der Waals surface area contributed by atoms with Gasteiger partial charge >= 0.3 is 5.97 Å². The molecular weight excluding hydrogens is 238 g/mol. The number of halogens is 1. The third kappa shape index (κ3) is 3.37. The topological polar surface area (TPSA) is 49.3 Å². The summed E-state index contributed by atoms with van der Waals surface area (Å²) in [5, 5.41) is 12.7. The minimum Gasteiger partial charge on any atom is -0.478 e. The lowest BCUT2D eigenvalue weighted by atomic mass is 10.0. The van der Waals surface area contributed by atoms with E-state index in [4.69, 9.17) is 16.7 Å². The van der Waals surface area contributed by atoms with Crippen LogP contribution in [0.15, 0.2) is 18.2 Å². The van der Waals surface area contributed by atoms with Crippen LogP contribution in [0.3, 0.4) is 0 Å². The van der Waals surface area contributed by atoms with E-state index < -0.39 is 5.97 Å². The molecule has 0 spiro atoms. The van der Waals surface area contributed by atoms with Crippen molar-refractivity contribution in [2.45, 2.75) is 33.2 Å². The molecule has 1 atom stereocenters. The first-order valence-electron chi connectivity index (χ1n) is 5.75. The lowest BCUT2D eigenvalue weighted by Gasteiger charge is -2.23. The number of carboxylic acid groups (broad SMARTS) is 1. The molecule has 0 heterocycles. The summed E-state index contributed by atoms with van der Waals surface area (Å²) in [6, 6.07) is 5.34. The van der Waals surface area contributed by atoms with Gasteiger partial charge in [0.2, 0.25) is 0 Å². The fraction of sp³-hybridized carbons (Fsp3) is 0.462. The van der Waals surface area contributed by atoms with Crippen molar-refractivity contribution in [2.75, 3.05) is 5.32 Å². The van der Waals surface area contributed by atoms with E-state index in [1.807, 2.05) is 0 Å². The SMILES string of the molecule is CCC(Nc1cccc(Cl)c1C(=O)O)C(C)C. The predicted octanol–water partition coefficient (Wildman–Crippen LogP) is 3.88. The number of carbonyl (C=O) groups is 1. The van der Waals surface area contributed by atoms with Crippen LogP contribution in [0.1, 0.15) is 37.6 Å². The fourth-order valence-corrected chi connectivity index (χ4v) is 2.06. The van der Waals surface area contributed by atoms with Crippen LogP contribution in [0.5, 0.6) is 0 Å². The molecule has 0 amide bonds. The molecule has 4 heteroatoms. The van der Waals surface area contributed by atoms with Gasteiger partial charge in [0.05, 0.1) is 10.7 Å². The van der Waals surface area contributed by atoms with Gasteiger partial charge in [-0.2, -0.15) is 0 Å². The molecule has 0 aliphatic rings. The van der Waals surface area contributed by atoms with Crippen molar-refractivity contribution in [3.8, 4) is 0 Å². The number of aromatic carboxylic acids is 1. The third-order valence-electron chi connectivity index (χ3n) is 2.81. The second-order valence-corrected chi connectivity index (χ2v) is 4.78. The van der Waals surface area contributed by atoms with E-state index in [-0.39, 0.29) is 16.6 Å². The number of benzene rings is 1. The molecule has 1 aromatic rings. The number of carboxylic acids is 1. The summed E-state index contributed by atoms with van der Waals surface area (Å²) in [7, 11) is 0. The van der Waals surface area contributed by atoms with Crippen molar-refractivity contribution in [3.63, 3.8) is 0 Å². The molecule has 0 aromatic heterocycles. The zero-order chi connectivity index (χ0) is 13.0. The van der Waals surface area contributed by atoms with Gasteiger partial charge in [-0.15, -0.1) is 0 Å². The standard InChI is InChI=1S/C13H18ClNO2/c1-4-10(8(2)3)15-11-7-5-6-9(14)12(11)13(16)17/h5-8,10,15H,4H2,1-3H3,(H,16,17). The summed E-state index contributed by atoms with van der Waals surface area (Å²) >= 11 is 5.91. The molecule has 0 bridgehead atoms. The number of nitrogens with one attached hydrogen (secondary N) is 1. The summed E-state index contributed by atoms with van der Waals surface area (Å²) in [6.45, 7) is 6.28. The van der Waals surface area contributed by atoms with Gasteiger partial charge in [0.25, 0.3) is 0 Å². The van der Waals surface area contributed by atoms with Crippen LogP contribution in [0, 0.1) is 5.92 Å². The Labute approximate surface area is 107 Å². The van der Waals surface area contributed by atoms with E-state index in [0.717, 1.165) is 6.42 Å². The van der Waals surface area contributed by atoms with Gasteiger partial charge < -0.3 is 10.4 Å². The van der Waals surface area contributed by atoms with Crippen LogP contribution in [-0.4, -0.2) is 17.1 Å². The smallest absolute Gasteiger partial charge is 0.339 e. The van der Waals surface area contributed by atoms with Crippen molar-refractivity contribution in [1.29, 1.82) is 0 Å². The Morgan fingerprint density at radius 3 is 2.59 bits per heavy atom. The van der Waals surface area contributed by atoms with Crippen LogP contribution in [-0.2, 0) is 0 Å². The van der Waals surface area contributed by atoms with Crippen molar-refractivity contribution < 1.29 is 9.90 Å². The molecule has 1 unspecified atom stereocenters. The molecule has 1 aromatic carbocycles. The molecule has 0 aliphatic heterocycles. The number of hydrogen-bond acceptors (Lipinski definition) is 2. The van der Waals surface area contributed by atoms with Gasteiger partial charge in [0.15, 0.2) is 0 Å². The fourth-order valence-electron chi connectivity index (χ4n) is 1.80. The van der Waals surface area contributed by atoms with Crippen LogP contribution in [0.2, 0.25) is 5.02 Å². The van der Waals surface area contributed by atoms with Gasteiger partial charge in [0.1, 0.15) is 5.56 Å². The Morgan fingerprint density at radius 1 is 1.47 bits per heavy atom. The summed E-state index contributed by atoms with van der Waals surface area (Å²) in [4.78, 5) is 11.2. The predicted molar refractivity (Wildman–Crippen MR) is 71.0 cm³/mol. The molecule has 0 fully saturated rings. The van der Waals surface area contributed by atoms with Crippen LogP contribution >= 0.6 is 11.6 Å². The van der Waals surface area contributed by atoms with Gasteiger partial charge in [-0.05, 0) is 24.5 Å². The first-order chi connectivity index (χ1) is 7.97. The number of hydrogen-bond donors (Lipinski definition) is 2. The van der Waals surface area contributed by atoms with E-state index in [0.29, 0.717) is 11.6 Å². The van der Waals surface area contributed by atoms with E-state index in [9.17, 15) is 4.79 Å². The maximum Gasteiger partial charge on any atom is 0.339 e. The van der Waals surface area contributed by atoms with E-state index in [1.54, 1.807) is 18.2 Å². The Bertz CT molecular complexity index is 404.